The number of rotatable bonds is 3. The van der Waals surface area contributed by atoms with E-state index in [1.807, 2.05) is 14.1 Å². The Kier molecular flexibility index (Phi) is 4.83. The molecule has 2 amide bonds. The number of anilines is 2. The molecule has 1 heterocycles. The summed E-state index contributed by atoms with van der Waals surface area (Å²) in [5.41, 5.74) is 2.10. The predicted octanol–water partition coefficient (Wildman–Crippen LogP) is 2.03. The largest absolute Gasteiger partial charge is 0.383 e. The molecule has 1 aliphatic heterocycles. The van der Waals surface area contributed by atoms with Gasteiger partial charge in [0, 0.05) is 50.5 Å². The molecule has 0 fully saturated rings. The molecule has 1 aromatic carbocycles. The molecule has 1 aliphatic rings. The van der Waals surface area contributed by atoms with Gasteiger partial charge in [0.1, 0.15) is 0 Å². The molecule has 6 nitrogen and oxygen atoms in total. The summed E-state index contributed by atoms with van der Waals surface area (Å²) in [7, 11) is 3.66. The van der Waals surface area contributed by atoms with Crippen LogP contribution in [0.25, 0.3) is 0 Å². The first-order valence-corrected chi connectivity index (χ1v) is 7.47. The van der Waals surface area contributed by atoms with Crippen LogP contribution in [-0.2, 0) is 9.59 Å². The van der Waals surface area contributed by atoms with Gasteiger partial charge in [-0.15, -0.1) is 0 Å². The van der Waals surface area contributed by atoms with Crippen molar-refractivity contribution in [2.45, 2.75) is 20.3 Å². The molecule has 1 aromatic rings. The quantitative estimate of drug-likeness (QED) is 0.867. The van der Waals surface area contributed by atoms with E-state index in [-0.39, 0.29) is 24.1 Å². The van der Waals surface area contributed by atoms with E-state index in [1.54, 1.807) is 41.1 Å². The van der Waals surface area contributed by atoms with Gasteiger partial charge in [0.25, 0.3) is 0 Å². The van der Waals surface area contributed by atoms with Gasteiger partial charge in [-0.2, -0.15) is 0 Å². The first kappa shape index (κ1) is 16.7. The van der Waals surface area contributed by atoms with E-state index in [1.165, 1.54) is 6.92 Å². The number of benzene rings is 1. The highest BCUT2D eigenvalue weighted by Crippen LogP contribution is 2.32. The van der Waals surface area contributed by atoms with Gasteiger partial charge in [-0.25, -0.2) is 0 Å². The molecule has 122 valence electrons. The van der Waals surface area contributed by atoms with Crippen molar-refractivity contribution in [1.82, 2.24) is 4.90 Å². The van der Waals surface area contributed by atoms with Crippen molar-refractivity contribution >= 4 is 29.0 Å². The number of nitrogens with zero attached hydrogens (tertiary/aromatic N) is 2. The highest BCUT2D eigenvalue weighted by Gasteiger charge is 2.30. The zero-order valence-electron chi connectivity index (χ0n) is 13.8. The van der Waals surface area contributed by atoms with E-state index in [0.29, 0.717) is 28.9 Å². The van der Waals surface area contributed by atoms with Crippen molar-refractivity contribution < 1.29 is 14.4 Å². The number of hydrogen-bond acceptors (Lipinski definition) is 4. The fourth-order valence-electron chi connectivity index (χ4n) is 2.56. The van der Waals surface area contributed by atoms with Gasteiger partial charge >= 0.3 is 0 Å². The van der Waals surface area contributed by atoms with Crippen LogP contribution in [0.4, 0.5) is 11.4 Å². The lowest BCUT2D eigenvalue weighted by atomic mass is 9.95. The smallest absolute Gasteiger partial charge is 0.227 e. The van der Waals surface area contributed by atoms with Crippen LogP contribution in [0.5, 0.6) is 0 Å². The van der Waals surface area contributed by atoms with E-state index in [2.05, 4.69) is 5.32 Å². The Morgan fingerprint density at radius 2 is 2.04 bits per heavy atom. The topological polar surface area (TPSA) is 69.7 Å². The number of hydrogen-bond donors (Lipinski definition) is 1. The molecular weight excluding hydrogens is 294 g/mol. The molecule has 6 heteroatoms. The van der Waals surface area contributed by atoms with Crippen LogP contribution in [0.15, 0.2) is 30.0 Å². The predicted molar refractivity (Wildman–Crippen MR) is 89.5 cm³/mol. The minimum absolute atomic E-state index is 0.0457. The summed E-state index contributed by atoms with van der Waals surface area (Å²) in [6.07, 6.45) is 2.09. The summed E-state index contributed by atoms with van der Waals surface area (Å²) in [6, 6.07) is 5.03. The molecule has 0 unspecified atom stereocenters. The molecule has 0 bridgehead atoms. The number of amides is 2. The summed E-state index contributed by atoms with van der Waals surface area (Å²) in [5.74, 6) is -0.379. The molecule has 0 saturated carbocycles. The van der Waals surface area contributed by atoms with Crippen LogP contribution in [0.3, 0.4) is 0 Å². The van der Waals surface area contributed by atoms with Gasteiger partial charge in [-0.05, 0) is 18.2 Å². The maximum Gasteiger partial charge on any atom is 0.227 e. The van der Waals surface area contributed by atoms with Gasteiger partial charge in [-0.1, -0.05) is 6.92 Å². The summed E-state index contributed by atoms with van der Waals surface area (Å²) < 4.78 is 0. The van der Waals surface area contributed by atoms with E-state index in [0.717, 1.165) is 0 Å². The van der Waals surface area contributed by atoms with Crippen LogP contribution < -0.4 is 10.2 Å². The average molecular weight is 315 g/mol. The fourth-order valence-corrected chi connectivity index (χ4v) is 2.56. The average Bonchev–Trinajstić information content (AvgIpc) is 2.48. The second-order valence-electron chi connectivity index (χ2n) is 5.69. The van der Waals surface area contributed by atoms with E-state index in [9.17, 15) is 14.4 Å². The van der Waals surface area contributed by atoms with Crippen molar-refractivity contribution in [1.29, 1.82) is 0 Å². The monoisotopic (exact) mass is 315 g/mol. The summed E-state index contributed by atoms with van der Waals surface area (Å²) in [4.78, 5) is 39.5. The van der Waals surface area contributed by atoms with E-state index < -0.39 is 0 Å². The third-order valence-electron chi connectivity index (χ3n) is 3.49. The Morgan fingerprint density at radius 1 is 1.35 bits per heavy atom. The van der Waals surface area contributed by atoms with Crippen molar-refractivity contribution in [3.8, 4) is 0 Å². The summed E-state index contributed by atoms with van der Waals surface area (Å²) in [6.45, 7) is 3.46. The van der Waals surface area contributed by atoms with Crippen molar-refractivity contribution in [3.63, 3.8) is 0 Å². The first-order chi connectivity index (χ1) is 10.8. The van der Waals surface area contributed by atoms with Gasteiger partial charge < -0.3 is 15.1 Å². The number of fused-ring (bicyclic) bond motifs is 1. The van der Waals surface area contributed by atoms with Gasteiger partial charge in [0.05, 0.1) is 12.2 Å². The van der Waals surface area contributed by atoms with Crippen molar-refractivity contribution in [2.75, 3.05) is 30.9 Å². The van der Waals surface area contributed by atoms with Gasteiger partial charge in [0.2, 0.25) is 11.8 Å². The highest BCUT2D eigenvalue weighted by molar-refractivity contribution is 6.18. The zero-order valence-corrected chi connectivity index (χ0v) is 13.8. The zero-order chi connectivity index (χ0) is 17.1. The molecule has 0 aliphatic carbocycles. The maximum atomic E-state index is 12.7. The van der Waals surface area contributed by atoms with Crippen LogP contribution in [0.2, 0.25) is 0 Å². The van der Waals surface area contributed by atoms with Crippen LogP contribution in [-0.4, -0.2) is 43.1 Å². The lowest BCUT2D eigenvalue weighted by Gasteiger charge is -2.31. The normalized spacial score (nSPS) is 15.4. The van der Waals surface area contributed by atoms with Crippen LogP contribution in [0, 0.1) is 0 Å². The second-order valence-corrected chi connectivity index (χ2v) is 5.69. The molecule has 2 rings (SSSR count). The Labute approximate surface area is 135 Å². The van der Waals surface area contributed by atoms with Crippen molar-refractivity contribution in [3.05, 3.63) is 35.5 Å². The maximum absolute atomic E-state index is 12.7. The van der Waals surface area contributed by atoms with Crippen molar-refractivity contribution in [2.24, 2.45) is 0 Å². The molecule has 23 heavy (non-hydrogen) atoms. The second kappa shape index (κ2) is 6.64. The first-order valence-electron chi connectivity index (χ1n) is 7.47. The van der Waals surface area contributed by atoms with Gasteiger partial charge in [-0.3, -0.25) is 14.4 Å². The minimum Gasteiger partial charge on any atom is -0.383 e. The van der Waals surface area contributed by atoms with Gasteiger partial charge in [0.15, 0.2) is 5.78 Å². The number of carbonyl (C=O) groups is 3. The lowest BCUT2D eigenvalue weighted by Crippen LogP contribution is -2.39. The molecule has 0 saturated heterocycles. The number of Topliss-reactive ketones (excluding diaryl/α,β-unsaturated/α-hetero) is 1. The summed E-state index contributed by atoms with van der Waals surface area (Å²) >= 11 is 0. The Morgan fingerprint density at radius 3 is 2.61 bits per heavy atom. The molecule has 0 aromatic heterocycles. The minimum atomic E-state index is -0.209. The molecule has 0 spiro atoms. The molecule has 0 radical (unpaired) electrons. The Bertz CT molecular complexity index is 692. The third-order valence-corrected chi connectivity index (χ3v) is 3.49. The Balaban J connectivity index is 2.54. The number of carbonyl (C=O) groups excluding carboxylic acids is 3. The number of nitrogens with one attached hydrogen (secondary N) is 1. The SMILES string of the molecule is CCC(=O)N1CC(=CN(C)C)C(=O)c2cc(NC(C)=O)ccc21. The molecule has 1 N–H and O–H groups in total. The fraction of sp³-hybridized carbons (Fsp3) is 0.353. The molecular formula is C17H21N3O3. The van der Waals surface area contributed by atoms with E-state index >= 15 is 0 Å². The van der Waals surface area contributed by atoms with Crippen LogP contribution in [0.1, 0.15) is 30.6 Å². The Hall–Kier alpha value is -2.63. The third kappa shape index (κ3) is 3.59. The molecule has 0 atom stereocenters. The number of ketones is 1. The summed E-state index contributed by atoms with van der Waals surface area (Å²) in [5, 5.41) is 2.66. The standard InChI is InChI=1S/C17H21N3O3/c1-5-16(22)20-10-12(9-19(3)4)17(23)14-8-13(18-11(2)21)6-7-15(14)20/h6-9H,5,10H2,1-4H3,(H,18,21). The van der Waals surface area contributed by atoms with Crippen LogP contribution >= 0.6 is 0 Å². The highest BCUT2D eigenvalue weighted by atomic mass is 16.2. The lowest BCUT2D eigenvalue weighted by molar-refractivity contribution is -0.118. The van der Waals surface area contributed by atoms with E-state index in [4.69, 9.17) is 0 Å².